The van der Waals surface area contributed by atoms with Gasteiger partial charge in [-0.25, -0.2) is 0 Å². The zero-order valence-electron chi connectivity index (χ0n) is 14.5. The molecule has 0 aromatic heterocycles. The Bertz CT molecular complexity index is 517. The average molecular weight is 357 g/mol. The van der Waals surface area contributed by atoms with E-state index < -0.39 is 0 Å². The number of hydrogen-bond acceptors (Lipinski definition) is 4. The van der Waals surface area contributed by atoms with Gasteiger partial charge in [0.05, 0.1) is 13.2 Å². The molecule has 0 saturated heterocycles. The van der Waals surface area contributed by atoms with E-state index in [2.05, 4.69) is 12.2 Å². The van der Waals surface area contributed by atoms with Gasteiger partial charge in [-0.2, -0.15) is 0 Å². The Morgan fingerprint density at radius 1 is 1.17 bits per heavy atom. The standard InChI is InChI=1S/C18H28N2O3.ClH/c1-3-11-23-16-10-5-13(12-17(16)22-4-2)18(21)20-15-8-6-14(19)7-9-15;/h5,10,12,14-15H,3-4,6-9,11,19H2,1-2H3,(H,20,21);1H. The monoisotopic (exact) mass is 356 g/mol. The van der Waals surface area contributed by atoms with Crippen LogP contribution in [0.3, 0.4) is 0 Å². The molecule has 136 valence electrons. The highest BCUT2D eigenvalue weighted by atomic mass is 35.5. The van der Waals surface area contributed by atoms with E-state index in [1.807, 2.05) is 13.0 Å². The minimum Gasteiger partial charge on any atom is -0.490 e. The fraction of sp³-hybridized carbons (Fsp3) is 0.611. The van der Waals surface area contributed by atoms with E-state index in [1.165, 1.54) is 0 Å². The molecule has 0 radical (unpaired) electrons. The van der Waals surface area contributed by atoms with Crippen molar-refractivity contribution in [1.82, 2.24) is 5.32 Å². The molecule has 2 rings (SSSR count). The second-order valence-electron chi connectivity index (χ2n) is 6.03. The highest BCUT2D eigenvalue weighted by molar-refractivity contribution is 5.95. The van der Waals surface area contributed by atoms with Crippen LogP contribution in [0.25, 0.3) is 0 Å². The van der Waals surface area contributed by atoms with Gasteiger partial charge >= 0.3 is 0 Å². The van der Waals surface area contributed by atoms with Gasteiger partial charge in [0.2, 0.25) is 0 Å². The first-order valence-electron chi connectivity index (χ1n) is 8.60. The van der Waals surface area contributed by atoms with Crippen molar-refractivity contribution in [3.63, 3.8) is 0 Å². The summed E-state index contributed by atoms with van der Waals surface area (Å²) in [6.07, 6.45) is 4.77. The van der Waals surface area contributed by atoms with Crippen LogP contribution in [0.4, 0.5) is 0 Å². The van der Waals surface area contributed by atoms with E-state index in [4.69, 9.17) is 15.2 Å². The molecule has 5 nitrogen and oxygen atoms in total. The van der Waals surface area contributed by atoms with Crippen LogP contribution in [-0.2, 0) is 0 Å². The van der Waals surface area contributed by atoms with Crippen molar-refractivity contribution >= 4 is 18.3 Å². The molecule has 1 amide bonds. The zero-order valence-corrected chi connectivity index (χ0v) is 15.4. The molecule has 0 spiro atoms. The van der Waals surface area contributed by atoms with Gasteiger partial charge in [-0.1, -0.05) is 6.92 Å². The molecule has 0 atom stereocenters. The van der Waals surface area contributed by atoms with Crippen LogP contribution in [0.2, 0.25) is 0 Å². The van der Waals surface area contributed by atoms with Crippen LogP contribution >= 0.6 is 12.4 Å². The number of carbonyl (C=O) groups excluding carboxylic acids is 1. The fourth-order valence-corrected chi connectivity index (χ4v) is 2.78. The highest BCUT2D eigenvalue weighted by Crippen LogP contribution is 2.29. The minimum absolute atomic E-state index is 0. The Morgan fingerprint density at radius 3 is 2.50 bits per heavy atom. The summed E-state index contributed by atoms with van der Waals surface area (Å²) < 4.78 is 11.3. The number of halogens is 1. The summed E-state index contributed by atoms with van der Waals surface area (Å²) in [5.41, 5.74) is 6.51. The van der Waals surface area contributed by atoms with Gasteiger partial charge in [-0.3, -0.25) is 4.79 Å². The van der Waals surface area contributed by atoms with Crippen molar-refractivity contribution in [2.45, 2.75) is 58.0 Å². The second kappa shape index (κ2) is 10.4. The molecular formula is C18H29ClN2O3. The summed E-state index contributed by atoms with van der Waals surface area (Å²) in [4.78, 5) is 12.4. The van der Waals surface area contributed by atoms with Gasteiger partial charge in [0.25, 0.3) is 5.91 Å². The van der Waals surface area contributed by atoms with Crippen molar-refractivity contribution < 1.29 is 14.3 Å². The SMILES string of the molecule is CCCOc1ccc(C(=O)NC2CCC(N)CC2)cc1OCC.Cl. The minimum atomic E-state index is -0.0616. The lowest BCUT2D eigenvalue weighted by Crippen LogP contribution is -2.40. The van der Waals surface area contributed by atoms with E-state index in [0.29, 0.717) is 30.3 Å². The van der Waals surface area contributed by atoms with Crippen LogP contribution in [0, 0.1) is 0 Å². The molecule has 0 bridgehead atoms. The number of ether oxygens (including phenoxy) is 2. The zero-order chi connectivity index (χ0) is 16.7. The van der Waals surface area contributed by atoms with E-state index in [1.54, 1.807) is 12.1 Å². The highest BCUT2D eigenvalue weighted by Gasteiger charge is 2.21. The molecule has 1 aromatic carbocycles. The molecule has 1 aromatic rings. The molecule has 1 aliphatic rings. The third-order valence-electron chi connectivity index (χ3n) is 4.07. The summed E-state index contributed by atoms with van der Waals surface area (Å²) >= 11 is 0. The Morgan fingerprint density at radius 2 is 1.88 bits per heavy atom. The van der Waals surface area contributed by atoms with Gasteiger partial charge in [0, 0.05) is 17.6 Å². The summed E-state index contributed by atoms with van der Waals surface area (Å²) in [5.74, 6) is 1.25. The Hall–Kier alpha value is -1.46. The topological polar surface area (TPSA) is 73.6 Å². The molecule has 0 heterocycles. The van der Waals surface area contributed by atoms with Crippen molar-refractivity contribution in [1.29, 1.82) is 0 Å². The Labute approximate surface area is 150 Å². The first kappa shape index (κ1) is 20.6. The summed E-state index contributed by atoms with van der Waals surface area (Å²) in [6, 6.07) is 5.86. The summed E-state index contributed by atoms with van der Waals surface area (Å²) in [7, 11) is 0. The third-order valence-corrected chi connectivity index (χ3v) is 4.07. The second-order valence-corrected chi connectivity index (χ2v) is 6.03. The van der Waals surface area contributed by atoms with Gasteiger partial charge < -0.3 is 20.5 Å². The Balaban J connectivity index is 0.00000288. The first-order chi connectivity index (χ1) is 11.1. The Kier molecular flexibility index (Phi) is 8.93. The maximum Gasteiger partial charge on any atom is 0.251 e. The molecule has 1 fully saturated rings. The first-order valence-corrected chi connectivity index (χ1v) is 8.60. The summed E-state index contributed by atoms with van der Waals surface area (Å²) in [5, 5.41) is 3.10. The lowest BCUT2D eigenvalue weighted by molar-refractivity contribution is 0.0925. The van der Waals surface area contributed by atoms with Gasteiger partial charge in [0.1, 0.15) is 0 Å². The van der Waals surface area contributed by atoms with Crippen LogP contribution in [0.15, 0.2) is 18.2 Å². The quantitative estimate of drug-likeness (QED) is 0.786. The molecule has 0 aliphatic heterocycles. The number of benzene rings is 1. The predicted octanol–water partition coefficient (Wildman–Crippen LogP) is 3.30. The molecule has 1 saturated carbocycles. The molecule has 0 unspecified atom stereocenters. The van der Waals surface area contributed by atoms with Crippen molar-refractivity contribution in [2.75, 3.05) is 13.2 Å². The molecule has 6 heteroatoms. The predicted molar refractivity (Wildman–Crippen MR) is 98.3 cm³/mol. The van der Waals surface area contributed by atoms with Crippen LogP contribution < -0.4 is 20.5 Å². The number of nitrogens with one attached hydrogen (secondary N) is 1. The van der Waals surface area contributed by atoms with E-state index in [0.717, 1.165) is 32.1 Å². The lowest BCUT2D eigenvalue weighted by atomic mass is 9.91. The number of rotatable bonds is 7. The fourth-order valence-electron chi connectivity index (χ4n) is 2.78. The molecule has 1 aliphatic carbocycles. The smallest absolute Gasteiger partial charge is 0.251 e. The third kappa shape index (κ3) is 5.87. The lowest BCUT2D eigenvalue weighted by Gasteiger charge is -2.26. The maximum absolute atomic E-state index is 12.4. The maximum atomic E-state index is 12.4. The van der Waals surface area contributed by atoms with E-state index >= 15 is 0 Å². The number of hydrogen-bond donors (Lipinski definition) is 2. The molecular weight excluding hydrogens is 328 g/mol. The van der Waals surface area contributed by atoms with Crippen molar-refractivity contribution in [3.8, 4) is 11.5 Å². The number of nitrogens with two attached hydrogens (primary N) is 1. The number of carbonyl (C=O) groups is 1. The van der Waals surface area contributed by atoms with Crippen LogP contribution in [0.1, 0.15) is 56.3 Å². The van der Waals surface area contributed by atoms with E-state index in [9.17, 15) is 4.79 Å². The van der Waals surface area contributed by atoms with Crippen molar-refractivity contribution in [2.24, 2.45) is 5.73 Å². The van der Waals surface area contributed by atoms with Gasteiger partial charge in [-0.15, -0.1) is 12.4 Å². The van der Waals surface area contributed by atoms with Crippen molar-refractivity contribution in [3.05, 3.63) is 23.8 Å². The average Bonchev–Trinajstić information content (AvgIpc) is 2.56. The number of amides is 1. The van der Waals surface area contributed by atoms with Crippen LogP contribution in [0.5, 0.6) is 11.5 Å². The largest absolute Gasteiger partial charge is 0.490 e. The molecule has 3 N–H and O–H groups in total. The molecule has 24 heavy (non-hydrogen) atoms. The normalized spacial score (nSPS) is 20.0. The van der Waals surface area contributed by atoms with E-state index in [-0.39, 0.29) is 30.4 Å². The van der Waals surface area contributed by atoms with Crippen LogP contribution in [-0.4, -0.2) is 31.2 Å². The van der Waals surface area contributed by atoms with Gasteiger partial charge in [0.15, 0.2) is 11.5 Å². The summed E-state index contributed by atoms with van der Waals surface area (Å²) in [6.45, 7) is 5.14. The van der Waals surface area contributed by atoms with Gasteiger partial charge in [-0.05, 0) is 57.2 Å².